The second-order valence-corrected chi connectivity index (χ2v) is 4.22. The molecule has 0 aromatic heterocycles. The van der Waals surface area contributed by atoms with Gasteiger partial charge < -0.3 is 10.8 Å². The monoisotopic (exact) mass is 215 g/mol. The van der Waals surface area contributed by atoms with Crippen LogP contribution in [0.2, 0.25) is 0 Å². The Bertz CT molecular complexity index is 218. The van der Waals surface area contributed by atoms with E-state index in [9.17, 15) is 4.79 Å². The topological polar surface area (TPSA) is 63.3 Å². The van der Waals surface area contributed by atoms with Crippen molar-refractivity contribution in [2.45, 2.75) is 18.4 Å². The summed E-state index contributed by atoms with van der Waals surface area (Å²) in [5.74, 6) is 0.587. The van der Waals surface area contributed by atoms with Gasteiger partial charge in [-0.05, 0) is 18.6 Å². The first-order valence-corrected chi connectivity index (χ1v) is 5.54. The lowest BCUT2D eigenvalue weighted by atomic mass is 9.94. The first-order valence-electron chi connectivity index (χ1n) is 4.38. The molecule has 0 saturated heterocycles. The van der Waals surface area contributed by atoms with Crippen LogP contribution in [0.5, 0.6) is 0 Å². The average molecular weight is 215 g/mol. The Kier molecular flexibility index (Phi) is 6.32. The van der Waals surface area contributed by atoms with E-state index in [1.807, 2.05) is 0 Å². The number of thioether (sulfide) groups is 1. The summed E-state index contributed by atoms with van der Waals surface area (Å²) in [6.45, 7) is 7.09. The summed E-state index contributed by atoms with van der Waals surface area (Å²) in [6, 6.07) is 0. The van der Waals surface area contributed by atoms with Crippen LogP contribution >= 0.6 is 11.8 Å². The van der Waals surface area contributed by atoms with Gasteiger partial charge in [-0.15, -0.1) is 13.2 Å². The molecule has 4 heteroatoms. The van der Waals surface area contributed by atoms with E-state index in [0.29, 0.717) is 12.8 Å². The van der Waals surface area contributed by atoms with Crippen molar-refractivity contribution in [3.05, 3.63) is 25.3 Å². The van der Waals surface area contributed by atoms with Crippen molar-refractivity contribution in [1.29, 1.82) is 0 Å². The molecule has 0 aromatic carbocycles. The molecule has 0 heterocycles. The van der Waals surface area contributed by atoms with E-state index in [0.717, 1.165) is 11.5 Å². The van der Waals surface area contributed by atoms with E-state index in [1.54, 1.807) is 23.9 Å². The summed E-state index contributed by atoms with van der Waals surface area (Å²) in [5, 5.41) is 8.92. The van der Waals surface area contributed by atoms with Crippen molar-refractivity contribution in [3.8, 4) is 0 Å². The molecule has 80 valence electrons. The van der Waals surface area contributed by atoms with Crippen LogP contribution in [-0.4, -0.2) is 28.1 Å². The van der Waals surface area contributed by atoms with E-state index < -0.39 is 11.5 Å². The fourth-order valence-corrected chi connectivity index (χ4v) is 1.82. The van der Waals surface area contributed by atoms with Crippen molar-refractivity contribution in [2.75, 3.05) is 11.5 Å². The number of nitrogens with two attached hydrogens (primary N) is 1. The van der Waals surface area contributed by atoms with Crippen LogP contribution < -0.4 is 5.73 Å². The molecule has 0 bridgehead atoms. The maximum Gasteiger partial charge on any atom is 0.324 e. The molecule has 0 spiro atoms. The van der Waals surface area contributed by atoms with Gasteiger partial charge in [0.25, 0.3) is 0 Å². The van der Waals surface area contributed by atoms with Gasteiger partial charge in [-0.25, -0.2) is 0 Å². The van der Waals surface area contributed by atoms with Crippen LogP contribution in [0.15, 0.2) is 25.3 Å². The van der Waals surface area contributed by atoms with Gasteiger partial charge in [-0.3, -0.25) is 4.79 Å². The lowest BCUT2D eigenvalue weighted by molar-refractivity contribution is -0.143. The lowest BCUT2D eigenvalue weighted by Crippen LogP contribution is -2.48. The SMILES string of the molecule is C=CCSCC[C@@](N)(CC=C)C(=O)O. The zero-order valence-corrected chi connectivity index (χ0v) is 9.05. The van der Waals surface area contributed by atoms with Gasteiger partial charge in [0.05, 0.1) is 0 Å². The third-order valence-electron chi connectivity index (χ3n) is 1.86. The van der Waals surface area contributed by atoms with Crippen LogP contribution in [-0.2, 0) is 4.79 Å². The number of hydrogen-bond donors (Lipinski definition) is 2. The highest BCUT2D eigenvalue weighted by atomic mass is 32.2. The van der Waals surface area contributed by atoms with Gasteiger partial charge in [0.15, 0.2) is 0 Å². The highest BCUT2D eigenvalue weighted by Crippen LogP contribution is 2.16. The van der Waals surface area contributed by atoms with Crippen LogP contribution in [0, 0.1) is 0 Å². The van der Waals surface area contributed by atoms with Crippen LogP contribution in [0.1, 0.15) is 12.8 Å². The molecule has 0 radical (unpaired) electrons. The summed E-state index contributed by atoms with van der Waals surface area (Å²) in [7, 11) is 0. The normalized spacial score (nSPS) is 14.4. The van der Waals surface area contributed by atoms with E-state index in [2.05, 4.69) is 13.2 Å². The van der Waals surface area contributed by atoms with Crippen LogP contribution in [0.3, 0.4) is 0 Å². The summed E-state index contributed by atoms with van der Waals surface area (Å²) in [6.07, 6.45) is 4.09. The predicted octanol–water partition coefficient (Wildman–Crippen LogP) is 1.65. The van der Waals surface area contributed by atoms with E-state index in [4.69, 9.17) is 10.8 Å². The molecule has 3 nitrogen and oxygen atoms in total. The van der Waals surface area contributed by atoms with Gasteiger partial charge in [0.1, 0.15) is 5.54 Å². The third kappa shape index (κ3) is 4.48. The molecule has 0 aliphatic rings. The minimum Gasteiger partial charge on any atom is -0.480 e. The molecule has 0 saturated carbocycles. The minimum atomic E-state index is -1.16. The summed E-state index contributed by atoms with van der Waals surface area (Å²) in [4.78, 5) is 10.9. The minimum absolute atomic E-state index is 0.303. The number of rotatable bonds is 8. The largest absolute Gasteiger partial charge is 0.480 e. The maximum absolute atomic E-state index is 10.9. The molecule has 14 heavy (non-hydrogen) atoms. The Morgan fingerprint density at radius 3 is 2.57 bits per heavy atom. The fraction of sp³-hybridized carbons (Fsp3) is 0.500. The summed E-state index contributed by atoms with van der Waals surface area (Å²) in [5.41, 5.74) is 4.57. The van der Waals surface area contributed by atoms with Gasteiger partial charge in [-0.2, -0.15) is 11.8 Å². The van der Waals surface area contributed by atoms with Crippen molar-refractivity contribution in [2.24, 2.45) is 5.73 Å². The van der Waals surface area contributed by atoms with Crippen LogP contribution in [0.25, 0.3) is 0 Å². The molecule has 0 rings (SSSR count). The zero-order valence-electron chi connectivity index (χ0n) is 8.24. The zero-order chi connectivity index (χ0) is 11.0. The number of carboxylic acid groups (broad SMARTS) is 1. The Balaban J connectivity index is 4.02. The summed E-state index contributed by atoms with van der Waals surface area (Å²) < 4.78 is 0. The van der Waals surface area contributed by atoms with Crippen molar-refractivity contribution in [3.63, 3.8) is 0 Å². The number of carboxylic acids is 1. The Hall–Kier alpha value is -0.740. The second kappa shape index (κ2) is 6.68. The fourth-order valence-electron chi connectivity index (χ4n) is 0.975. The quantitative estimate of drug-likeness (QED) is 0.477. The predicted molar refractivity (Wildman–Crippen MR) is 61.5 cm³/mol. The van der Waals surface area contributed by atoms with Crippen molar-refractivity contribution < 1.29 is 9.90 Å². The van der Waals surface area contributed by atoms with Gasteiger partial charge >= 0.3 is 5.97 Å². The van der Waals surface area contributed by atoms with Crippen molar-refractivity contribution in [1.82, 2.24) is 0 Å². The molecule has 0 aliphatic heterocycles. The number of aliphatic carboxylic acids is 1. The van der Waals surface area contributed by atoms with Gasteiger partial charge in [-0.1, -0.05) is 12.2 Å². The molecule has 0 amide bonds. The molecule has 0 aromatic rings. The van der Waals surface area contributed by atoms with E-state index in [-0.39, 0.29) is 0 Å². The van der Waals surface area contributed by atoms with E-state index in [1.165, 1.54) is 0 Å². The maximum atomic E-state index is 10.9. The molecule has 0 fully saturated rings. The molecular formula is C10H17NO2S. The smallest absolute Gasteiger partial charge is 0.324 e. The highest BCUT2D eigenvalue weighted by molar-refractivity contribution is 7.99. The number of carbonyl (C=O) groups is 1. The molecule has 1 atom stereocenters. The summed E-state index contributed by atoms with van der Waals surface area (Å²) >= 11 is 1.63. The highest BCUT2D eigenvalue weighted by Gasteiger charge is 2.31. The standard InChI is InChI=1S/C10H17NO2S/c1-3-5-10(11,9(12)13)6-8-14-7-4-2/h3-4H,1-2,5-8,11H2,(H,12,13)/t10-/m0/s1. The molecule has 0 aliphatic carbocycles. The van der Waals surface area contributed by atoms with Gasteiger partial charge in [0.2, 0.25) is 0 Å². The number of hydrogen-bond acceptors (Lipinski definition) is 3. The first-order chi connectivity index (χ1) is 6.56. The molecule has 0 unspecified atom stereocenters. The Morgan fingerprint density at radius 2 is 2.14 bits per heavy atom. The van der Waals surface area contributed by atoms with E-state index >= 15 is 0 Å². The second-order valence-electron chi connectivity index (χ2n) is 3.07. The molecule has 3 N–H and O–H groups in total. The first kappa shape index (κ1) is 13.3. The van der Waals surface area contributed by atoms with Crippen LogP contribution in [0.4, 0.5) is 0 Å². The van der Waals surface area contributed by atoms with Gasteiger partial charge in [0, 0.05) is 5.75 Å². The Labute approximate surface area is 89.1 Å². The third-order valence-corrected chi connectivity index (χ3v) is 2.83. The average Bonchev–Trinajstić information content (AvgIpc) is 2.13. The van der Waals surface area contributed by atoms with Crippen molar-refractivity contribution >= 4 is 17.7 Å². The molecular weight excluding hydrogens is 198 g/mol. The Morgan fingerprint density at radius 1 is 1.50 bits per heavy atom. The lowest BCUT2D eigenvalue weighted by Gasteiger charge is -2.22.